The van der Waals surface area contributed by atoms with Crippen LogP contribution >= 0.6 is 0 Å². The maximum Gasteiger partial charge on any atom is 0.248 e. The number of alkyl halides is 2. The molecule has 5 nitrogen and oxygen atoms in total. The highest BCUT2D eigenvalue weighted by atomic mass is 19.3. The maximum atomic E-state index is 12.2. The second-order valence-corrected chi connectivity index (χ2v) is 8.88. The number of quaternary nitrogens is 1. The summed E-state index contributed by atoms with van der Waals surface area (Å²) in [7, 11) is 3.45. The number of halogens is 2. The molecular weight excluding hydrogens is 486 g/mol. The lowest BCUT2D eigenvalue weighted by Gasteiger charge is -2.21. The fourth-order valence-electron chi connectivity index (χ4n) is 4.59. The van der Waals surface area contributed by atoms with Crippen molar-refractivity contribution in [2.75, 3.05) is 40.4 Å². The summed E-state index contributed by atoms with van der Waals surface area (Å²) in [6, 6.07) is 6.29. The lowest BCUT2D eigenvalue weighted by Crippen LogP contribution is -2.81. The first-order chi connectivity index (χ1) is 18.5. The fraction of sp³-hybridized carbons (Fsp3) is 0.581. The molecule has 1 aromatic carbocycles. The highest BCUT2D eigenvalue weighted by Crippen LogP contribution is 2.32. The zero-order chi connectivity index (χ0) is 29.2. The second-order valence-electron chi connectivity index (χ2n) is 8.88. The first-order valence-corrected chi connectivity index (χ1v) is 13.0. The van der Waals surface area contributed by atoms with Crippen LogP contribution in [0, 0.1) is 38.5 Å². The summed E-state index contributed by atoms with van der Waals surface area (Å²) in [5, 5.41) is 2.38. The molecule has 2 saturated heterocycles. The third kappa shape index (κ3) is 15.3. The number of carbonyl (C=O) groups is 1. The molecule has 7 heteroatoms. The quantitative estimate of drug-likeness (QED) is 0.435. The predicted octanol–water partition coefficient (Wildman–Crippen LogP) is 4.86. The number of hydrogen-bond donors (Lipinski definition) is 1. The minimum absolute atomic E-state index is 0.118. The van der Waals surface area contributed by atoms with Gasteiger partial charge in [0.1, 0.15) is 5.75 Å². The molecule has 0 spiro atoms. The summed E-state index contributed by atoms with van der Waals surface area (Å²) in [5.41, 5.74) is 2.61. The number of nitrogens with two attached hydrogens (primary N) is 1. The van der Waals surface area contributed by atoms with Crippen molar-refractivity contribution in [3.63, 3.8) is 0 Å². The van der Waals surface area contributed by atoms with Gasteiger partial charge in [-0.1, -0.05) is 18.6 Å². The van der Waals surface area contributed by atoms with Crippen LogP contribution in [0.3, 0.4) is 0 Å². The number of methoxy groups -OCH3 is 2. The summed E-state index contributed by atoms with van der Waals surface area (Å²) in [6.07, 6.45) is 32.5. The van der Waals surface area contributed by atoms with Crippen molar-refractivity contribution in [2.45, 2.75) is 76.2 Å². The Morgan fingerprint density at radius 2 is 1.55 bits per heavy atom. The Balaban J connectivity index is 0. The molecule has 0 unspecified atom stereocenters. The van der Waals surface area contributed by atoms with E-state index in [9.17, 15) is 13.6 Å². The van der Waals surface area contributed by atoms with Crippen LogP contribution in [-0.2, 0) is 16.1 Å². The fourth-order valence-corrected chi connectivity index (χ4v) is 4.59. The first kappa shape index (κ1) is 37.1. The Bertz CT molecular complexity index is 759. The number of likely N-dealkylation sites (tertiary alicyclic amines) is 1. The van der Waals surface area contributed by atoms with Gasteiger partial charge < -0.3 is 19.7 Å². The number of terminal acetylenes is 3. The molecule has 1 saturated carbocycles. The SMILES string of the molecule is C#C.C#C.C#C.COCc1c(OC)cccc1[C@H]1CC[NH2+]C1.FC1(F)CCCCC1.O=CN1CCCCC1. The minimum Gasteiger partial charge on any atom is -0.496 e. The predicted molar refractivity (Wildman–Crippen MR) is 152 cm³/mol. The van der Waals surface area contributed by atoms with E-state index in [0.717, 1.165) is 31.7 Å². The monoisotopic (exact) mass is 533 g/mol. The van der Waals surface area contributed by atoms with Crippen LogP contribution in [0.2, 0.25) is 0 Å². The highest BCUT2D eigenvalue weighted by molar-refractivity contribution is 5.46. The van der Waals surface area contributed by atoms with E-state index in [4.69, 9.17) is 9.47 Å². The van der Waals surface area contributed by atoms with Crippen LogP contribution < -0.4 is 10.1 Å². The van der Waals surface area contributed by atoms with Gasteiger partial charge in [-0.3, -0.25) is 4.79 Å². The molecule has 1 aliphatic carbocycles. The minimum atomic E-state index is -2.32. The van der Waals surface area contributed by atoms with Crippen molar-refractivity contribution in [1.29, 1.82) is 0 Å². The third-order valence-electron chi connectivity index (χ3n) is 6.41. The smallest absolute Gasteiger partial charge is 0.248 e. The molecule has 1 aromatic rings. The first-order valence-electron chi connectivity index (χ1n) is 13.0. The van der Waals surface area contributed by atoms with Crippen LogP contribution in [-0.4, -0.2) is 57.6 Å². The Kier molecular flexibility index (Phi) is 23.7. The molecule has 3 fully saturated rings. The van der Waals surface area contributed by atoms with Gasteiger partial charge in [-0.15, -0.1) is 38.5 Å². The second kappa shape index (κ2) is 24.3. The number of ether oxygens (including phenoxy) is 2. The lowest BCUT2D eigenvalue weighted by atomic mass is 9.93. The van der Waals surface area contributed by atoms with Crippen LogP contribution in [0.25, 0.3) is 0 Å². The van der Waals surface area contributed by atoms with Crippen molar-refractivity contribution >= 4 is 6.41 Å². The summed E-state index contributed by atoms with van der Waals surface area (Å²) < 4.78 is 35.1. The molecule has 0 bridgehead atoms. The van der Waals surface area contributed by atoms with Gasteiger partial charge in [0.15, 0.2) is 0 Å². The number of amides is 1. The average molecular weight is 534 g/mol. The standard InChI is InChI=1S/C13H19NO2.C6H10F2.C6H11NO.3C2H2/c1-15-9-12-11(10-6-7-14-8-10)4-3-5-13(12)16-2;7-6(8)4-2-1-3-5-6;8-6-7-4-2-1-3-5-7;3*1-2/h3-5,10,14H,6-9H2,1-2H3;1-5H2;6H,1-5H2;3*1-2H/p+1/t10-;;;;;/m0...../s1. The topological polar surface area (TPSA) is 55.4 Å². The number of hydrogen-bond acceptors (Lipinski definition) is 3. The van der Waals surface area contributed by atoms with E-state index in [1.807, 2.05) is 11.0 Å². The van der Waals surface area contributed by atoms with Crippen molar-refractivity contribution in [2.24, 2.45) is 0 Å². The summed E-state index contributed by atoms with van der Waals surface area (Å²) in [4.78, 5) is 11.9. The van der Waals surface area contributed by atoms with E-state index in [0.29, 0.717) is 25.4 Å². The van der Waals surface area contributed by atoms with E-state index in [2.05, 4.69) is 56.0 Å². The van der Waals surface area contributed by atoms with Gasteiger partial charge in [0, 0.05) is 50.9 Å². The summed E-state index contributed by atoms with van der Waals surface area (Å²) in [5.74, 6) is -0.718. The molecule has 3 aliphatic rings. The van der Waals surface area contributed by atoms with Gasteiger partial charge >= 0.3 is 0 Å². The van der Waals surface area contributed by atoms with E-state index in [1.165, 1.54) is 49.9 Å². The van der Waals surface area contributed by atoms with Crippen molar-refractivity contribution < 1.29 is 28.4 Å². The van der Waals surface area contributed by atoms with Gasteiger partial charge in [0.25, 0.3) is 0 Å². The Morgan fingerprint density at radius 1 is 0.974 bits per heavy atom. The van der Waals surface area contributed by atoms with E-state index >= 15 is 0 Å². The summed E-state index contributed by atoms with van der Waals surface area (Å²) in [6.45, 7) is 5.00. The van der Waals surface area contributed by atoms with E-state index in [1.54, 1.807) is 14.2 Å². The van der Waals surface area contributed by atoms with Crippen LogP contribution in [0.1, 0.15) is 74.8 Å². The van der Waals surface area contributed by atoms with Crippen molar-refractivity contribution in [1.82, 2.24) is 4.90 Å². The molecule has 4 rings (SSSR count). The Labute approximate surface area is 230 Å². The molecule has 2 heterocycles. The van der Waals surface area contributed by atoms with E-state index in [-0.39, 0.29) is 12.8 Å². The molecule has 1 atom stereocenters. The molecular formula is C31H47F2N2O3+. The van der Waals surface area contributed by atoms with Gasteiger partial charge in [0.2, 0.25) is 12.3 Å². The molecule has 2 N–H and O–H groups in total. The van der Waals surface area contributed by atoms with Crippen LogP contribution in [0.4, 0.5) is 8.78 Å². The van der Waals surface area contributed by atoms with E-state index < -0.39 is 5.92 Å². The van der Waals surface area contributed by atoms with Gasteiger partial charge in [-0.2, -0.15) is 0 Å². The molecule has 212 valence electrons. The Morgan fingerprint density at radius 3 is 1.95 bits per heavy atom. The number of nitrogens with zero attached hydrogens (tertiary/aromatic N) is 1. The van der Waals surface area contributed by atoms with Gasteiger partial charge in [0.05, 0.1) is 26.8 Å². The molecule has 2 aliphatic heterocycles. The van der Waals surface area contributed by atoms with Crippen molar-refractivity contribution in [3.8, 4) is 44.3 Å². The maximum absolute atomic E-state index is 12.2. The van der Waals surface area contributed by atoms with Crippen molar-refractivity contribution in [3.05, 3.63) is 29.3 Å². The highest BCUT2D eigenvalue weighted by Gasteiger charge is 2.30. The number of rotatable bonds is 5. The normalized spacial score (nSPS) is 18.8. The summed E-state index contributed by atoms with van der Waals surface area (Å²) >= 11 is 0. The van der Waals surface area contributed by atoms with Crippen LogP contribution in [0.15, 0.2) is 18.2 Å². The average Bonchev–Trinajstić information content (AvgIpc) is 3.53. The lowest BCUT2D eigenvalue weighted by molar-refractivity contribution is -0.636. The molecule has 0 radical (unpaired) electrons. The zero-order valence-electron chi connectivity index (χ0n) is 23.3. The van der Waals surface area contributed by atoms with Gasteiger partial charge in [-0.05, 0) is 43.7 Å². The molecule has 0 aromatic heterocycles. The molecule has 1 amide bonds. The Hall–Kier alpha value is -3.05. The van der Waals surface area contributed by atoms with Crippen LogP contribution in [0.5, 0.6) is 5.75 Å². The number of piperidine rings is 1. The number of benzene rings is 1. The third-order valence-corrected chi connectivity index (χ3v) is 6.41. The van der Waals surface area contributed by atoms with Gasteiger partial charge in [-0.25, -0.2) is 8.78 Å². The number of carbonyl (C=O) groups excluding carboxylic acids is 1. The molecule has 38 heavy (non-hydrogen) atoms. The largest absolute Gasteiger partial charge is 0.496 e. The zero-order valence-corrected chi connectivity index (χ0v) is 23.3.